The summed E-state index contributed by atoms with van der Waals surface area (Å²) in [4.78, 5) is 6.20. The SMILES string of the molecule is C1Cc2nc(CNC3CC3)sc2C1. The maximum Gasteiger partial charge on any atom is 0.107 e. The average molecular weight is 194 g/mol. The molecule has 3 heteroatoms. The lowest BCUT2D eigenvalue weighted by molar-refractivity contribution is 0.682. The van der Waals surface area contributed by atoms with Crippen LogP contribution in [0, 0.1) is 0 Å². The van der Waals surface area contributed by atoms with Crippen LogP contribution in [-0.4, -0.2) is 11.0 Å². The van der Waals surface area contributed by atoms with Gasteiger partial charge in [0.1, 0.15) is 5.01 Å². The van der Waals surface area contributed by atoms with Crippen LogP contribution in [0.3, 0.4) is 0 Å². The molecule has 0 radical (unpaired) electrons. The molecule has 0 amide bonds. The second-order valence-corrected chi connectivity index (χ2v) is 5.15. The molecule has 1 aromatic heterocycles. The van der Waals surface area contributed by atoms with E-state index in [4.69, 9.17) is 0 Å². The summed E-state index contributed by atoms with van der Waals surface area (Å²) in [6.07, 6.45) is 6.55. The number of nitrogens with one attached hydrogen (secondary N) is 1. The van der Waals surface area contributed by atoms with Crippen LogP contribution in [0.15, 0.2) is 0 Å². The van der Waals surface area contributed by atoms with Gasteiger partial charge in [0.15, 0.2) is 0 Å². The van der Waals surface area contributed by atoms with Crippen molar-refractivity contribution in [2.24, 2.45) is 0 Å². The van der Waals surface area contributed by atoms with Crippen molar-refractivity contribution >= 4 is 11.3 Å². The van der Waals surface area contributed by atoms with Crippen LogP contribution >= 0.6 is 11.3 Å². The number of hydrogen-bond donors (Lipinski definition) is 1. The molecular weight excluding hydrogens is 180 g/mol. The zero-order chi connectivity index (χ0) is 8.67. The predicted molar refractivity (Wildman–Crippen MR) is 54.0 cm³/mol. The lowest BCUT2D eigenvalue weighted by atomic mass is 10.4. The molecular formula is C10H14N2S. The van der Waals surface area contributed by atoms with E-state index in [0.717, 1.165) is 12.6 Å². The molecule has 2 nitrogen and oxygen atoms in total. The summed E-state index contributed by atoms with van der Waals surface area (Å²) in [5.74, 6) is 0. The van der Waals surface area contributed by atoms with E-state index in [9.17, 15) is 0 Å². The van der Waals surface area contributed by atoms with Gasteiger partial charge in [0.2, 0.25) is 0 Å². The van der Waals surface area contributed by atoms with Crippen molar-refractivity contribution in [1.29, 1.82) is 0 Å². The van der Waals surface area contributed by atoms with E-state index in [0.29, 0.717) is 0 Å². The van der Waals surface area contributed by atoms with Gasteiger partial charge in [0, 0.05) is 17.5 Å². The molecule has 3 rings (SSSR count). The minimum Gasteiger partial charge on any atom is -0.308 e. The second-order valence-electron chi connectivity index (χ2n) is 3.99. The van der Waals surface area contributed by atoms with E-state index >= 15 is 0 Å². The van der Waals surface area contributed by atoms with Gasteiger partial charge >= 0.3 is 0 Å². The van der Waals surface area contributed by atoms with Crippen molar-refractivity contribution in [3.63, 3.8) is 0 Å². The zero-order valence-corrected chi connectivity index (χ0v) is 8.49. The highest BCUT2D eigenvalue weighted by Crippen LogP contribution is 2.28. The Labute approximate surface area is 82.4 Å². The molecule has 0 spiro atoms. The van der Waals surface area contributed by atoms with E-state index < -0.39 is 0 Å². The van der Waals surface area contributed by atoms with E-state index in [-0.39, 0.29) is 0 Å². The third-order valence-electron chi connectivity index (χ3n) is 2.76. The van der Waals surface area contributed by atoms with Gasteiger partial charge in [-0.3, -0.25) is 0 Å². The Hall–Kier alpha value is -0.410. The first-order valence-corrected chi connectivity index (χ1v) is 5.94. The average Bonchev–Trinajstić information content (AvgIpc) is 2.71. The third-order valence-corrected chi connectivity index (χ3v) is 3.92. The standard InChI is InChI=1S/C10H14N2S/c1-2-8-9(3-1)13-10(12-8)6-11-7-4-5-7/h7,11H,1-6H2. The summed E-state index contributed by atoms with van der Waals surface area (Å²) in [5, 5.41) is 4.81. The molecule has 70 valence electrons. The number of aromatic nitrogens is 1. The molecule has 0 atom stereocenters. The maximum absolute atomic E-state index is 4.65. The lowest BCUT2D eigenvalue weighted by Crippen LogP contribution is -2.15. The first kappa shape index (κ1) is 7.94. The largest absolute Gasteiger partial charge is 0.308 e. The third kappa shape index (κ3) is 1.63. The molecule has 2 aliphatic carbocycles. The van der Waals surface area contributed by atoms with Crippen molar-refractivity contribution in [2.45, 2.75) is 44.7 Å². The summed E-state index contributed by atoms with van der Waals surface area (Å²) in [6.45, 7) is 1.00. The maximum atomic E-state index is 4.65. The number of fused-ring (bicyclic) bond motifs is 1. The molecule has 0 unspecified atom stereocenters. The van der Waals surface area contributed by atoms with Gasteiger partial charge in [0.25, 0.3) is 0 Å². The lowest BCUT2D eigenvalue weighted by Gasteiger charge is -1.97. The van der Waals surface area contributed by atoms with Gasteiger partial charge in [-0.1, -0.05) is 0 Å². The molecule has 0 bridgehead atoms. The quantitative estimate of drug-likeness (QED) is 0.794. The van der Waals surface area contributed by atoms with Crippen molar-refractivity contribution in [3.05, 3.63) is 15.6 Å². The molecule has 1 saturated carbocycles. The normalized spacial score (nSPS) is 20.6. The van der Waals surface area contributed by atoms with Crippen LogP contribution < -0.4 is 5.32 Å². The highest BCUT2D eigenvalue weighted by Gasteiger charge is 2.21. The molecule has 0 aromatic carbocycles. The van der Waals surface area contributed by atoms with E-state index in [2.05, 4.69) is 10.3 Å². The molecule has 0 aliphatic heterocycles. The highest BCUT2D eigenvalue weighted by atomic mass is 32.1. The summed E-state index contributed by atoms with van der Waals surface area (Å²) >= 11 is 1.92. The minimum absolute atomic E-state index is 0.804. The van der Waals surface area contributed by atoms with E-state index in [1.165, 1.54) is 42.8 Å². The van der Waals surface area contributed by atoms with Crippen molar-refractivity contribution in [3.8, 4) is 0 Å². The van der Waals surface area contributed by atoms with Crippen LogP contribution in [0.25, 0.3) is 0 Å². The molecule has 1 aromatic rings. The Morgan fingerprint density at radius 2 is 2.31 bits per heavy atom. The topological polar surface area (TPSA) is 24.9 Å². The first-order valence-electron chi connectivity index (χ1n) is 5.12. The van der Waals surface area contributed by atoms with Crippen molar-refractivity contribution in [1.82, 2.24) is 10.3 Å². The molecule has 13 heavy (non-hydrogen) atoms. The van der Waals surface area contributed by atoms with Crippen LogP contribution in [0.5, 0.6) is 0 Å². The number of rotatable bonds is 3. The summed E-state index contributed by atoms with van der Waals surface area (Å²) in [5.41, 5.74) is 1.39. The fourth-order valence-corrected chi connectivity index (χ4v) is 2.95. The summed E-state index contributed by atoms with van der Waals surface area (Å²) in [7, 11) is 0. The van der Waals surface area contributed by atoms with E-state index in [1.807, 2.05) is 11.3 Å². The molecule has 1 N–H and O–H groups in total. The van der Waals surface area contributed by atoms with Gasteiger partial charge < -0.3 is 5.32 Å². The van der Waals surface area contributed by atoms with Crippen LogP contribution in [0.2, 0.25) is 0 Å². The number of thiazole rings is 1. The molecule has 1 heterocycles. The minimum atomic E-state index is 0.804. The van der Waals surface area contributed by atoms with Gasteiger partial charge in [-0.2, -0.15) is 0 Å². The van der Waals surface area contributed by atoms with Crippen molar-refractivity contribution in [2.75, 3.05) is 0 Å². The fraction of sp³-hybridized carbons (Fsp3) is 0.700. The number of hydrogen-bond acceptors (Lipinski definition) is 3. The zero-order valence-electron chi connectivity index (χ0n) is 7.68. The Bertz CT molecular complexity index is 293. The Kier molecular flexibility index (Phi) is 1.87. The van der Waals surface area contributed by atoms with Gasteiger partial charge in [-0.15, -0.1) is 11.3 Å². The van der Waals surface area contributed by atoms with E-state index in [1.54, 1.807) is 4.88 Å². The monoisotopic (exact) mass is 194 g/mol. The summed E-state index contributed by atoms with van der Waals surface area (Å²) in [6, 6.07) is 0.804. The molecule has 0 saturated heterocycles. The fourth-order valence-electron chi connectivity index (χ4n) is 1.84. The smallest absolute Gasteiger partial charge is 0.107 e. The van der Waals surface area contributed by atoms with Crippen molar-refractivity contribution < 1.29 is 0 Å². The van der Waals surface area contributed by atoms with Gasteiger partial charge in [-0.05, 0) is 32.1 Å². The van der Waals surface area contributed by atoms with Gasteiger partial charge in [-0.25, -0.2) is 4.98 Å². The first-order chi connectivity index (χ1) is 6.42. The predicted octanol–water partition coefficient (Wildman–Crippen LogP) is 1.88. The molecule has 2 aliphatic rings. The molecule has 1 fully saturated rings. The Balaban J connectivity index is 1.67. The van der Waals surface area contributed by atoms with Crippen LogP contribution in [0.1, 0.15) is 34.8 Å². The van der Waals surface area contributed by atoms with Crippen LogP contribution in [-0.2, 0) is 19.4 Å². The second kappa shape index (κ2) is 3.07. The Morgan fingerprint density at radius 3 is 3.08 bits per heavy atom. The van der Waals surface area contributed by atoms with Crippen LogP contribution in [0.4, 0.5) is 0 Å². The number of nitrogens with zero attached hydrogens (tertiary/aromatic N) is 1. The number of aryl methyl sites for hydroxylation is 2. The Morgan fingerprint density at radius 1 is 1.38 bits per heavy atom. The highest BCUT2D eigenvalue weighted by molar-refractivity contribution is 7.11. The van der Waals surface area contributed by atoms with Gasteiger partial charge in [0.05, 0.1) is 5.69 Å². The summed E-state index contributed by atoms with van der Waals surface area (Å²) < 4.78 is 0.